The smallest absolute Gasteiger partial charge is 0.0643 e. The molecule has 0 aliphatic carbocycles. The van der Waals surface area contributed by atoms with Crippen LogP contribution in [0.1, 0.15) is 25.8 Å². The summed E-state index contributed by atoms with van der Waals surface area (Å²) in [5.74, 6) is 1.41. The zero-order valence-electron chi connectivity index (χ0n) is 12.5. The molecule has 1 saturated heterocycles. The Kier molecular flexibility index (Phi) is 5.59. The lowest BCUT2D eigenvalue weighted by Crippen LogP contribution is -2.28. The third kappa shape index (κ3) is 4.03. The molecule has 1 fully saturated rings. The Bertz CT molecular complexity index is 460. The van der Waals surface area contributed by atoms with Crippen LogP contribution in [0.3, 0.4) is 0 Å². The average molecular weight is 315 g/mol. The van der Waals surface area contributed by atoms with E-state index in [1.54, 1.807) is 0 Å². The van der Waals surface area contributed by atoms with Gasteiger partial charge in [0.2, 0.25) is 0 Å². The highest BCUT2D eigenvalue weighted by atomic mass is 35.5. The molecule has 112 valence electrons. The molecule has 20 heavy (non-hydrogen) atoms. The number of nitrogens with zero attached hydrogens (tertiary/aromatic N) is 1. The lowest BCUT2D eigenvalue weighted by Gasteiger charge is -2.21. The van der Waals surface area contributed by atoms with Gasteiger partial charge in [0.1, 0.15) is 0 Å². The maximum atomic E-state index is 6.36. The molecule has 0 amide bonds. The fraction of sp³-hybridized carbons (Fsp3) is 0.625. The number of nitrogens with one attached hydrogen (secondary N) is 1. The van der Waals surface area contributed by atoms with Gasteiger partial charge in [0.25, 0.3) is 0 Å². The Morgan fingerprint density at radius 2 is 2.05 bits per heavy atom. The molecule has 1 aromatic carbocycles. The third-order valence-electron chi connectivity index (χ3n) is 3.84. The van der Waals surface area contributed by atoms with Crippen LogP contribution in [0.25, 0.3) is 0 Å². The van der Waals surface area contributed by atoms with Crippen molar-refractivity contribution in [1.29, 1.82) is 0 Å². The molecule has 0 bridgehead atoms. The van der Waals surface area contributed by atoms with Crippen LogP contribution in [0, 0.1) is 18.8 Å². The van der Waals surface area contributed by atoms with E-state index in [0.29, 0.717) is 11.8 Å². The normalized spacial score (nSPS) is 19.1. The first-order chi connectivity index (χ1) is 9.47. The van der Waals surface area contributed by atoms with E-state index in [4.69, 9.17) is 23.2 Å². The van der Waals surface area contributed by atoms with Crippen LogP contribution in [0.4, 0.5) is 5.69 Å². The van der Waals surface area contributed by atoms with E-state index < -0.39 is 0 Å². The van der Waals surface area contributed by atoms with Gasteiger partial charge in [0.05, 0.1) is 10.7 Å². The Hall–Kier alpha value is -0.440. The summed E-state index contributed by atoms with van der Waals surface area (Å²) in [4.78, 5) is 2.36. The first-order valence-corrected chi connectivity index (χ1v) is 8.14. The minimum Gasteiger partial charge on any atom is -0.370 e. The quantitative estimate of drug-likeness (QED) is 0.868. The van der Waals surface area contributed by atoms with Crippen molar-refractivity contribution in [3.05, 3.63) is 27.7 Å². The second-order valence-corrected chi connectivity index (χ2v) is 7.02. The number of hydrogen-bond donors (Lipinski definition) is 1. The Morgan fingerprint density at radius 3 is 2.75 bits per heavy atom. The van der Waals surface area contributed by atoms with E-state index in [1.807, 2.05) is 19.1 Å². The Labute approximate surface area is 132 Å². The van der Waals surface area contributed by atoms with Crippen molar-refractivity contribution < 1.29 is 0 Å². The topological polar surface area (TPSA) is 15.3 Å². The van der Waals surface area contributed by atoms with Crippen LogP contribution in [-0.4, -0.2) is 26.2 Å². The van der Waals surface area contributed by atoms with Crippen molar-refractivity contribution in [3.8, 4) is 0 Å². The van der Waals surface area contributed by atoms with Gasteiger partial charge in [-0.15, -0.1) is 0 Å². The number of aryl methyl sites for hydroxylation is 1. The van der Waals surface area contributed by atoms with Gasteiger partial charge in [-0.25, -0.2) is 0 Å². The molecule has 0 saturated carbocycles. The summed E-state index contributed by atoms with van der Waals surface area (Å²) in [5, 5.41) is 5.15. The van der Waals surface area contributed by atoms with Crippen molar-refractivity contribution in [2.75, 3.05) is 31.1 Å². The highest BCUT2D eigenvalue weighted by Crippen LogP contribution is 2.34. The Balaban J connectivity index is 1.94. The SMILES string of the molecule is Cc1cc(Cl)c(N2CCC(CNCC(C)C)C2)cc1Cl. The lowest BCUT2D eigenvalue weighted by molar-refractivity contribution is 0.477. The van der Waals surface area contributed by atoms with Gasteiger partial charge < -0.3 is 10.2 Å². The summed E-state index contributed by atoms with van der Waals surface area (Å²) >= 11 is 12.6. The molecule has 1 aliphatic rings. The summed E-state index contributed by atoms with van der Waals surface area (Å²) in [6, 6.07) is 3.96. The molecular weight excluding hydrogens is 291 g/mol. The maximum Gasteiger partial charge on any atom is 0.0643 e. The van der Waals surface area contributed by atoms with E-state index >= 15 is 0 Å². The highest BCUT2D eigenvalue weighted by Gasteiger charge is 2.24. The molecule has 2 nitrogen and oxygen atoms in total. The van der Waals surface area contributed by atoms with Crippen molar-refractivity contribution in [2.45, 2.75) is 27.2 Å². The second-order valence-electron chi connectivity index (χ2n) is 6.21. The minimum atomic E-state index is 0.699. The van der Waals surface area contributed by atoms with Crippen molar-refractivity contribution in [3.63, 3.8) is 0 Å². The molecule has 1 aromatic rings. The minimum absolute atomic E-state index is 0.699. The van der Waals surface area contributed by atoms with Gasteiger partial charge in [-0.1, -0.05) is 37.0 Å². The van der Waals surface area contributed by atoms with Crippen molar-refractivity contribution >= 4 is 28.9 Å². The van der Waals surface area contributed by atoms with Gasteiger partial charge in [0.15, 0.2) is 0 Å². The van der Waals surface area contributed by atoms with E-state index in [9.17, 15) is 0 Å². The summed E-state index contributed by atoms with van der Waals surface area (Å²) in [6.07, 6.45) is 1.22. The van der Waals surface area contributed by atoms with Crippen LogP contribution in [0.5, 0.6) is 0 Å². The molecule has 4 heteroatoms. The monoisotopic (exact) mass is 314 g/mol. The van der Waals surface area contributed by atoms with E-state index in [1.165, 1.54) is 6.42 Å². The zero-order valence-corrected chi connectivity index (χ0v) is 14.1. The standard InChI is InChI=1S/C16H24Cl2N2/c1-11(2)8-19-9-13-4-5-20(10-13)16-7-14(17)12(3)6-15(16)18/h6-7,11,13,19H,4-5,8-10H2,1-3H3. The maximum absolute atomic E-state index is 6.36. The third-order valence-corrected chi connectivity index (χ3v) is 4.55. The van der Waals surface area contributed by atoms with Gasteiger partial charge in [-0.3, -0.25) is 0 Å². The van der Waals surface area contributed by atoms with E-state index in [2.05, 4.69) is 24.1 Å². The van der Waals surface area contributed by atoms with Crippen LogP contribution in [-0.2, 0) is 0 Å². The van der Waals surface area contributed by atoms with Crippen LogP contribution in [0.15, 0.2) is 12.1 Å². The van der Waals surface area contributed by atoms with Crippen LogP contribution >= 0.6 is 23.2 Å². The molecule has 0 radical (unpaired) electrons. The van der Waals surface area contributed by atoms with Crippen molar-refractivity contribution in [2.24, 2.45) is 11.8 Å². The fourth-order valence-corrected chi connectivity index (χ4v) is 3.17. The van der Waals surface area contributed by atoms with Crippen LogP contribution in [0.2, 0.25) is 10.0 Å². The fourth-order valence-electron chi connectivity index (χ4n) is 2.67. The van der Waals surface area contributed by atoms with Crippen LogP contribution < -0.4 is 10.2 Å². The summed E-state index contributed by atoms with van der Waals surface area (Å²) in [5.41, 5.74) is 2.11. The summed E-state index contributed by atoms with van der Waals surface area (Å²) in [7, 11) is 0. The molecule has 0 spiro atoms. The molecule has 1 aliphatic heterocycles. The molecule has 1 unspecified atom stereocenters. The molecule has 2 rings (SSSR count). The number of halogens is 2. The van der Waals surface area contributed by atoms with E-state index in [0.717, 1.165) is 47.5 Å². The summed E-state index contributed by atoms with van der Waals surface area (Å²) in [6.45, 7) is 10.8. The number of rotatable bonds is 5. The number of anilines is 1. The molecule has 1 atom stereocenters. The van der Waals surface area contributed by atoms with E-state index in [-0.39, 0.29) is 0 Å². The zero-order chi connectivity index (χ0) is 14.7. The average Bonchev–Trinajstić information content (AvgIpc) is 2.82. The van der Waals surface area contributed by atoms with Gasteiger partial charge in [-0.2, -0.15) is 0 Å². The molecular formula is C16H24Cl2N2. The predicted octanol–water partition coefficient (Wildman–Crippen LogP) is 4.37. The second kappa shape index (κ2) is 7.02. The van der Waals surface area contributed by atoms with Gasteiger partial charge in [0, 0.05) is 18.1 Å². The molecule has 1 N–H and O–H groups in total. The van der Waals surface area contributed by atoms with Crippen molar-refractivity contribution in [1.82, 2.24) is 5.32 Å². The predicted molar refractivity (Wildman–Crippen MR) is 89.2 cm³/mol. The molecule has 0 aromatic heterocycles. The van der Waals surface area contributed by atoms with Gasteiger partial charge in [-0.05, 0) is 56.0 Å². The number of hydrogen-bond acceptors (Lipinski definition) is 2. The first kappa shape index (κ1) is 15.9. The highest BCUT2D eigenvalue weighted by molar-refractivity contribution is 6.35. The number of benzene rings is 1. The first-order valence-electron chi connectivity index (χ1n) is 7.38. The largest absolute Gasteiger partial charge is 0.370 e. The van der Waals surface area contributed by atoms with Gasteiger partial charge >= 0.3 is 0 Å². The lowest BCUT2D eigenvalue weighted by atomic mass is 10.1. The summed E-state index contributed by atoms with van der Waals surface area (Å²) < 4.78 is 0. The Morgan fingerprint density at radius 1 is 1.30 bits per heavy atom. The molecule has 1 heterocycles.